The molecular weight excluding hydrogens is 263 g/mol. The molecule has 0 saturated heterocycles. The molecule has 0 aliphatic heterocycles. The molecule has 0 bridgehead atoms. The van der Waals surface area contributed by atoms with E-state index in [9.17, 15) is 4.79 Å². The summed E-state index contributed by atoms with van der Waals surface area (Å²) in [6.45, 7) is 2.80. The predicted molar refractivity (Wildman–Crippen MR) is 75.1 cm³/mol. The zero-order valence-corrected chi connectivity index (χ0v) is 11.3. The van der Waals surface area contributed by atoms with Crippen LogP contribution in [0, 0.1) is 0 Å². The van der Waals surface area contributed by atoms with E-state index in [4.69, 9.17) is 10.5 Å². The largest absolute Gasteiger partial charge is 0.466 e. The Balaban J connectivity index is 0. The van der Waals surface area contributed by atoms with Crippen molar-refractivity contribution in [1.82, 2.24) is 0 Å². The molecule has 0 fully saturated rings. The molecule has 4 nitrogen and oxygen atoms in total. The van der Waals surface area contributed by atoms with Crippen molar-refractivity contribution in [1.29, 1.82) is 0 Å². The third-order valence-electron chi connectivity index (χ3n) is 1.87. The van der Waals surface area contributed by atoms with Gasteiger partial charge in [-0.1, -0.05) is 0 Å². The minimum atomic E-state index is -0.180. The maximum absolute atomic E-state index is 11.0. The number of carbonyl (C=O) groups excluding carboxylic acids is 1. The summed E-state index contributed by atoms with van der Waals surface area (Å²) in [5.41, 5.74) is 7.22. The summed E-state index contributed by atoms with van der Waals surface area (Å²) in [6, 6.07) is 7.38. The summed E-state index contributed by atoms with van der Waals surface area (Å²) in [7, 11) is 0. The number of nitrogens with one attached hydrogen (secondary N) is 1. The van der Waals surface area contributed by atoms with Gasteiger partial charge in [-0.05, 0) is 31.2 Å². The van der Waals surface area contributed by atoms with Crippen LogP contribution in [0.1, 0.15) is 13.3 Å². The second-order valence-corrected chi connectivity index (χ2v) is 3.10. The number of nitrogens with two attached hydrogens (primary N) is 1. The molecule has 0 atom stereocenters. The zero-order valence-electron chi connectivity index (χ0n) is 9.64. The lowest BCUT2D eigenvalue weighted by Gasteiger charge is -2.06. The molecule has 1 aromatic carbocycles. The fourth-order valence-electron chi connectivity index (χ4n) is 1.14. The van der Waals surface area contributed by atoms with Gasteiger partial charge in [-0.3, -0.25) is 4.79 Å². The molecule has 0 aliphatic carbocycles. The summed E-state index contributed by atoms with van der Waals surface area (Å²) < 4.78 is 4.80. The first-order chi connectivity index (χ1) is 7.22. The summed E-state index contributed by atoms with van der Waals surface area (Å²) in [4.78, 5) is 11.0. The molecule has 6 heteroatoms. The van der Waals surface area contributed by atoms with Gasteiger partial charge in [0.15, 0.2) is 0 Å². The highest BCUT2D eigenvalue weighted by Crippen LogP contribution is 2.10. The molecule has 1 aromatic rings. The summed E-state index contributed by atoms with van der Waals surface area (Å²) in [6.07, 6.45) is 0.373. The van der Waals surface area contributed by atoms with Crippen molar-refractivity contribution < 1.29 is 9.53 Å². The second-order valence-electron chi connectivity index (χ2n) is 3.10. The number of benzene rings is 1. The van der Waals surface area contributed by atoms with Crippen LogP contribution in [0.2, 0.25) is 0 Å². The quantitative estimate of drug-likeness (QED) is 0.643. The topological polar surface area (TPSA) is 64.3 Å². The Hall–Kier alpha value is -1.13. The van der Waals surface area contributed by atoms with Gasteiger partial charge in [0, 0.05) is 17.9 Å². The van der Waals surface area contributed by atoms with Gasteiger partial charge in [0.2, 0.25) is 0 Å². The van der Waals surface area contributed by atoms with Crippen LogP contribution >= 0.6 is 24.8 Å². The van der Waals surface area contributed by atoms with Crippen LogP contribution in [0.4, 0.5) is 11.4 Å². The van der Waals surface area contributed by atoms with Crippen LogP contribution in [-0.4, -0.2) is 19.1 Å². The molecule has 3 N–H and O–H groups in total. The Morgan fingerprint density at radius 2 is 1.88 bits per heavy atom. The first kappa shape index (κ1) is 18.2. The van der Waals surface area contributed by atoms with Crippen LogP contribution in [0.3, 0.4) is 0 Å². The Bertz CT molecular complexity index is 318. The maximum Gasteiger partial charge on any atom is 0.307 e. The number of hydrogen-bond acceptors (Lipinski definition) is 4. The molecule has 0 unspecified atom stereocenters. The number of nitrogen functional groups attached to an aromatic ring is 1. The monoisotopic (exact) mass is 280 g/mol. The molecule has 98 valence electrons. The smallest absolute Gasteiger partial charge is 0.307 e. The average Bonchev–Trinajstić information content (AvgIpc) is 2.21. The van der Waals surface area contributed by atoms with E-state index in [0.29, 0.717) is 19.6 Å². The van der Waals surface area contributed by atoms with E-state index in [-0.39, 0.29) is 30.8 Å². The van der Waals surface area contributed by atoms with E-state index in [1.54, 1.807) is 6.92 Å². The molecule has 0 amide bonds. The van der Waals surface area contributed by atoms with Crippen molar-refractivity contribution >= 4 is 42.2 Å². The van der Waals surface area contributed by atoms with Gasteiger partial charge in [-0.2, -0.15) is 0 Å². The first-order valence-electron chi connectivity index (χ1n) is 4.97. The Kier molecular flexibility index (Phi) is 10.8. The standard InChI is InChI=1S/C11H16N2O2.2ClH/c1-2-15-11(14)7-8-13-10-5-3-9(12)4-6-10;;/h3-6,13H,2,7-8,12H2,1H3;2*1H. The summed E-state index contributed by atoms with van der Waals surface area (Å²) in [5, 5.41) is 3.10. The van der Waals surface area contributed by atoms with E-state index in [0.717, 1.165) is 11.4 Å². The van der Waals surface area contributed by atoms with Gasteiger partial charge in [-0.15, -0.1) is 24.8 Å². The van der Waals surface area contributed by atoms with Crippen molar-refractivity contribution in [2.75, 3.05) is 24.2 Å². The average molecular weight is 281 g/mol. The number of esters is 1. The summed E-state index contributed by atoms with van der Waals surface area (Å²) in [5.74, 6) is -0.180. The minimum Gasteiger partial charge on any atom is -0.466 e. The predicted octanol–water partition coefficient (Wildman–Crippen LogP) is 2.48. The van der Waals surface area contributed by atoms with Crippen LogP contribution in [0.15, 0.2) is 24.3 Å². The van der Waals surface area contributed by atoms with Crippen LogP contribution < -0.4 is 11.1 Å². The molecule has 0 aliphatic rings. The van der Waals surface area contributed by atoms with E-state index < -0.39 is 0 Å². The second kappa shape index (κ2) is 10.1. The number of halogens is 2. The van der Waals surface area contributed by atoms with Crippen LogP contribution in [-0.2, 0) is 9.53 Å². The fraction of sp³-hybridized carbons (Fsp3) is 0.364. The SMILES string of the molecule is CCOC(=O)CCNc1ccc(N)cc1.Cl.Cl. The lowest BCUT2D eigenvalue weighted by atomic mass is 10.3. The Labute approximate surface area is 114 Å². The van der Waals surface area contributed by atoms with Crippen LogP contribution in [0.5, 0.6) is 0 Å². The van der Waals surface area contributed by atoms with Gasteiger partial charge in [0.25, 0.3) is 0 Å². The minimum absolute atomic E-state index is 0. The molecular formula is C11H18Cl2N2O2. The van der Waals surface area contributed by atoms with Gasteiger partial charge in [0.05, 0.1) is 13.0 Å². The van der Waals surface area contributed by atoms with Gasteiger partial charge in [0.1, 0.15) is 0 Å². The first-order valence-corrected chi connectivity index (χ1v) is 4.97. The molecule has 0 saturated carbocycles. The number of anilines is 2. The van der Waals surface area contributed by atoms with Gasteiger partial charge >= 0.3 is 5.97 Å². The molecule has 17 heavy (non-hydrogen) atoms. The van der Waals surface area contributed by atoms with Gasteiger partial charge < -0.3 is 15.8 Å². The maximum atomic E-state index is 11.0. The molecule has 1 rings (SSSR count). The zero-order chi connectivity index (χ0) is 11.1. The third kappa shape index (κ3) is 7.71. The molecule has 0 heterocycles. The lowest BCUT2D eigenvalue weighted by Crippen LogP contribution is -2.11. The highest BCUT2D eigenvalue weighted by molar-refractivity contribution is 5.85. The highest BCUT2D eigenvalue weighted by Gasteiger charge is 2.00. The Morgan fingerprint density at radius 3 is 2.41 bits per heavy atom. The van der Waals surface area contributed by atoms with Crippen molar-refractivity contribution in [3.05, 3.63) is 24.3 Å². The number of ether oxygens (including phenoxy) is 1. The van der Waals surface area contributed by atoms with Crippen molar-refractivity contribution in [2.24, 2.45) is 0 Å². The molecule has 0 radical (unpaired) electrons. The lowest BCUT2D eigenvalue weighted by molar-refractivity contribution is -0.142. The van der Waals surface area contributed by atoms with E-state index in [1.165, 1.54) is 0 Å². The fourth-order valence-corrected chi connectivity index (χ4v) is 1.14. The number of hydrogen-bond donors (Lipinski definition) is 2. The number of rotatable bonds is 5. The van der Waals surface area contributed by atoms with Crippen LogP contribution in [0.25, 0.3) is 0 Å². The van der Waals surface area contributed by atoms with Crippen molar-refractivity contribution in [3.63, 3.8) is 0 Å². The Morgan fingerprint density at radius 1 is 1.29 bits per heavy atom. The molecule has 0 spiro atoms. The normalized spacial score (nSPS) is 8.53. The van der Waals surface area contributed by atoms with Crippen molar-refractivity contribution in [2.45, 2.75) is 13.3 Å². The highest BCUT2D eigenvalue weighted by atomic mass is 35.5. The van der Waals surface area contributed by atoms with Crippen molar-refractivity contribution in [3.8, 4) is 0 Å². The van der Waals surface area contributed by atoms with E-state index >= 15 is 0 Å². The van der Waals surface area contributed by atoms with E-state index in [2.05, 4.69) is 5.32 Å². The number of carbonyl (C=O) groups is 1. The summed E-state index contributed by atoms with van der Waals surface area (Å²) >= 11 is 0. The van der Waals surface area contributed by atoms with E-state index in [1.807, 2.05) is 24.3 Å². The third-order valence-corrected chi connectivity index (χ3v) is 1.87. The van der Waals surface area contributed by atoms with Gasteiger partial charge in [-0.25, -0.2) is 0 Å². The molecule has 0 aromatic heterocycles.